The van der Waals surface area contributed by atoms with E-state index in [1.165, 1.54) is 15.0 Å². The Labute approximate surface area is 177 Å². The molecular weight excluding hydrogens is 396 g/mol. The van der Waals surface area contributed by atoms with Crippen LogP contribution in [0.1, 0.15) is 36.6 Å². The Morgan fingerprint density at radius 2 is 2.13 bits per heavy atom. The van der Waals surface area contributed by atoms with Gasteiger partial charge < -0.3 is 10.1 Å². The topological polar surface area (TPSA) is 68.5 Å². The first-order valence-corrected chi connectivity index (χ1v) is 11.6. The Bertz CT molecular complexity index is 1340. The Morgan fingerprint density at radius 3 is 2.97 bits per heavy atom. The Hall–Kier alpha value is -2.51. The van der Waals surface area contributed by atoms with Crippen LogP contribution >= 0.6 is 11.3 Å². The summed E-state index contributed by atoms with van der Waals surface area (Å²) in [6, 6.07) is 8.05. The van der Waals surface area contributed by atoms with Crippen molar-refractivity contribution in [2.45, 2.75) is 45.1 Å². The van der Waals surface area contributed by atoms with E-state index in [9.17, 15) is 4.79 Å². The van der Waals surface area contributed by atoms with Crippen LogP contribution in [0.15, 0.2) is 29.1 Å². The number of aromatic nitrogens is 3. The predicted molar refractivity (Wildman–Crippen MR) is 121 cm³/mol. The minimum Gasteiger partial charge on any atom is -0.376 e. The molecule has 1 N–H and O–H groups in total. The highest BCUT2D eigenvalue weighted by molar-refractivity contribution is 7.18. The van der Waals surface area contributed by atoms with E-state index in [2.05, 4.69) is 12.2 Å². The highest BCUT2D eigenvalue weighted by atomic mass is 32.1. The van der Waals surface area contributed by atoms with Crippen molar-refractivity contribution >= 4 is 43.8 Å². The van der Waals surface area contributed by atoms with Gasteiger partial charge in [-0.1, -0.05) is 31.2 Å². The molecule has 0 bridgehead atoms. The van der Waals surface area contributed by atoms with E-state index in [1.54, 1.807) is 11.3 Å². The molecule has 4 aromatic rings. The van der Waals surface area contributed by atoms with Gasteiger partial charge in [0.2, 0.25) is 0 Å². The zero-order valence-corrected chi connectivity index (χ0v) is 17.8. The second-order valence-corrected chi connectivity index (χ2v) is 9.68. The van der Waals surface area contributed by atoms with Crippen LogP contribution in [0.5, 0.6) is 0 Å². The third kappa shape index (κ3) is 2.83. The first-order valence-electron chi connectivity index (χ1n) is 10.8. The summed E-state index contributed by atoms with van der Waals surface area (Å²) in [7, 11) is 0. The number of hydrogen-bond acceptors (Lipinski definition) is 6. The molecule has 1 aliphatic heterocycles. The fourth-order valence-electron chi connectivity index (χ4n) is 4.83. The van der Waals surface area contributed by atoms with Gasteiger partial charge in [0.05, 0.1) is 11.5 Å². The van der Waals surface area contributed by atoms with Gasteiger partial charge in [-0.2, -0.15) is 4.52 Å². The van der Waals surface area contributed by atoms with Crippen LogP contribution in [0.3, 0.4) is 0 Å². The van der Waals surface area contributed by atoms with Gasteiger partial charge in [-0.05, 0) is 43.6 Å². The van der Waals surface area contributed by atoms with Gasteiger partial charge in [0.15, 0.2) is 11.5 Å². The van der Waals surface area contributed by atoms with Gasteiger partial charge in [-0.3, -0.25) is 4.79 Å². The number of ether oxygens (including phenoxy) is 1. The van der Waals surface area contributed by atoms with Crippen molar-refractivity contribution in [3.05, 3.63) is 45.1 Å². The molecule has 1 aliphatic carbocycles. The fourth-order valence-corrected chi connectivity index (χ4v) is 6.21. The third-order valence-corrected chi connectivity index (χ3v) is 7.60. The summed E-state index contributed by atoms with van der Waals surface area (Å²) in [6.45, 7) is 3.80. The highest BCUT2D eigenvalue weighted by Crippen LogP contribution is 2.36. The predicted octanol–water partition coefficient (Wildman–Crippen LogP) is 4.17. The first kappa shape index (κ1) is 18.3. The zero-order chi connectivity index (χ0) is 20.2. The minimum atomic E-state index is -0.0482. The molecule has 0 radical (unpaired) electrons. The minimum absolute atomic E-state index is 0.0482. The highest BCUT2D eigenvalue weighted by Gasteiger charge is 2.25. The maximum absolute atomic E-state index is 13.6. The van der Waals surface area contributed by atoms with Crippen LogP contribution in [0.4, 0.5) is 5.82 Å². The van der Waals surface area contributed by atoms with Crippen molar-refractivity contribution < 1.29 is 4.74 Å². The van der Waals surface area contributed by atoms with E-state index >= 15 is 0 Å². The Balaban J connectivity index is 1.57. The molecule has 4 heterocycles. The summed E-state index contributed by atoms with van der Waals surface area (Å²) in [6.07, 6.45) is 5.47. The van der Waals surface area contributed by atoms with Crippen molar-refractivity contribution in [1.29, 1.82) is 0 Å². The molecule has 6 rings (SSSR count). The van der Waals surface area contributed by atoms with Crippen molar-refractivity contribution in [2.24, 2.45) is 5.92 Å². The van der Waals surface area contributed by atoms with Crippen LogP contribution in [0, 0.1) is 5.92 Å². The number of aryl methyl sites for hydroxylation is 1. The van der Waals surface area contributed by atoms with Crippen LogP contribution in [-0.4, -0.2) is 33.9 Å². The standard InChI is InChI=1S/C23H24N4O2S/c1-13-8-9-17-18(11-13)30-22-19(17)23(28)27-21(25-22)16-7-3-2-6-15(16)20(26-27)24-12-14-5-4-10-29-14/h2-3,6-7,13-14H,4-5,8-12H2,1H3,(H,24,26)/t13-,14-/m0/s1. The van der Waals surface area contributed by atoms with Crippen LogP contribution in [-0.2, 0) is 17.6 Å². The smallest absolute Gasteiger partial charge is 0.283 e. The lowest BCUT2D eigenvalue weighted by Crippen LogP contribution is -2.23. The maximum atomic E-state index is 13.6. The van der Waals surface area contributed by atoms with Crippen LogP contribution < -0.4 is 10.9 Å². The molecule has 3 aromatic heterocycles. The number of rotatable bonds is 3. The van der Waals surface area contributed by atoms with Crippen LogP contribution in [0.25, 0.3) is 26.6 Å². The molecule has 1 aromatic carbocycles. The average molecular weight is 421 g/mol. The van der Waals surface area contributed by atoms with Gasteiger partial charge >= 0.3 is 0 Å². The monoisotopic (exact) mass is 420 g/mol. The number of anilines is 1. The number of thiophene rings is 1. The second-order valence-electron chi connectivity index (χ2n) is 8.59. The van der Waals surface area contributed by atoms with Gasteiger partial charge in [-0.15, -0.1) is 16.4 Å². The zero-order valence-electron chi connectivity index (χ0n) is 17.0. The molecule has 0 unspecified atom stereocenters. The number of hydrogen-bond donors (Lipinski definition) is 1. The quantitative estimate of drug-likeness (QED) is 0.504. The normalized spacial score (nSPS) is 21.5. The average Bonchev–Trinajstić information content (AvgIpc) is 3.39. The molecule has 0 amide bonds. The molecule has 6 nitrogen and oxygen atoms in total. The summed E-state index contributed by atoms with van der Waals surface area (Å²) in [4.78, 5) is 20.7. The summed E-state index contributed by atoms with van der Waals surface area (Å²) in [5, 5.41) is 10.9. The molecule has 2 aliphatic rings. The summed E-state index contributed by atoms with van der Waals surface area (Å²) in [5.74, 6) is 1.38. The molecule has 2 atom stereocenters. The molecule has 1 saturated heterocycles. The SMILES string of the molecule is C[C@H]1CCc2c(sc3nc4c5ccccc5c(NC[C@@H]5CCCO5)nn4c(=O)c23)C1. The summed E-state index contributed by atoms with van der Waals surface area (Å²) >= 11 is 1.69. The van der Waals surface area contributed by atoms with Crippen molar-refractivity contribution in [3.63, 3.8) is 0 Å². The van der Waals surface area contributed by atoms with Gasteiger partial charge in [0, 0.05) is 28.8 Å². The number of fused-ring (bicyclic) bond motifs is 6. The summed E-state index contributed by atoms with van der Waals surface area (Å²) in [5.41, 5.74) is 1.79. The van der Waals surface area contributed by atoms with Gasteiger partial charge in [0.25, 0.3) is 5.56 Å². The van der Waals surface area contributed by atoms with E-state index in [4.69, 9.17) is 14.8 Å². The number of benzene rings is 1. The summed E-state index contributed by atoms with van der Waals surface area (Å²) < 4.78 is 7.25. The van der Waals surface area contributed by atoms with E-state index < -0.39 is 0 Å². The second kappa shape index (κ2) is 7.03. The van der Waals surface area contributed by atoms with Crippen molar-refractivity contribution in [3.8, 4) is 0 Å². The van der Waals surface area contributed by atoms with Crippen molar-refractivity contribution in [2.75, 3.05) is 18.5 Å². The largest absolute Gasteiger partial charge is 0.376 e. The Morgan fingerprint density at radius 1 is 1.27 bits per heavy atom. The first-order chi connectivity index (χ1) is 14.7. The molecule has 7 heteroatoms. The molecular formula is C23H24N4O2S. The molecule has 1 fully saturated rings. The lowest BCUT2D eigenvalue weighted by atomic mass is 9.89. The Kier molecular flexibility index (Phi) is 4.28. The number of nitrogens with one attached hydrogen (secondary N) is 1. The molecule has 30 heavy (non-hydrogen) atoms. The molecule has 0 spiro atoms. The lowest BCUT2D eigenvalue weighted by molar-refractivity contribution is 0.120. The maximum Gasteiger partial charge on any atom is 0.283 e. The van der Waals surface area contributed by atoms with E-state index in [0.29, 0.717) is 18.1 Å². The van der Waals surface area contributed by atoms with Gasteiger partial charge in [0.1, 0.15) is 4.83 Å². The van der Waals surface area contributed by atoms with E-state index in [-0.39, 0.29) is 11.7 Å². The fraction of sp³-hybridized carbons (Fsp3) is 0.435. The van der Waals surface area contributed by atoms with Gasteiger partial charge in [-0.25, -0.2) is 4.98 Å². The third-order valence-electron chi connectivity index (χ3n) is 6.45. The van der Waals surface area contributed by atoms with E-state index in [0.717, 1.165) is 65.5 Å². The molecule has 154 valence electrons. The van der Waals surface area contributed by atoms with Crippen LogP contribution in [0.2, 0.25) is 0 Å². The molecule has 0 saturated carbocycles. The lowest BCUT2D eigenvalue weighted by Gasteiger charge is -2.17. The van der Waals surface area contributed by atoms with E-state index in [1.807, 2.05) is 24.3 Å². The van der Waals surface area contributed by atoms with Crippen molar-refractivity contribution in [1.82, 2.24) is 14.6 Å². The number of nitrogens with zero attached hydrogens (tertiary/aromatic N) is 3.